The highest BCUT2D eigenvalue weighted by molar-refractivity contribution is 6.30. The van der Waals surface area contributed by atoms with E-state index in [4.69, 9.17) is 11.6 Å². The maximum Gasteiger partial charge on any atom is 0.246 e. The maximum absolute atomic E-state index is 12.2. The Kier molecular flexibility index (Phi) is 6.42. The smallest absolute Gasteiger partial charge is 0.246 e. The van der Waals surface area contributed by atoms with E-state index in [1.807, 2.05) is 24.3 Å². The first kappa shape index (κ1) is 18.8. The van der Waals surface area contributed by atoms with E-state index in [1.54, 1.807) is 50.2 Å². The van der Waals surface area contributed by atoms with Crippen molar-refractivity contribution in [2.45, 2.75) is 19.4 Å². The van der Waals surface area contributed by atoms with Crippen molar-refractivity contribution in [3.8, 4) is 0 Å². The number of rotatable bonds is 6. The summed E-state index contributed by atoms with van der Waals surface area (Å²) in [7, 11) is 3.47. The molecule has 0 aliphatic carbocycles. The Morgan fingerprint density at radius 3 is 2.36 bits per heavy atom. The van der Waals surface area contributed by atoms with Crippen LogP contribution in [0.5, 0.6) is 0 Å². The fourth-order valence-corrected chi connectivity index (χ4v) is 2.37. The lowest BCUT2D eigenvalue weighted by Gasteiger charge is -2.16. The molecule has 0 aliphatic heterocycles. The molecule has 5 nitrogen and oxygen atoms in total. The number of amides is 2. The molecule has 1 unspecified atom stereocenters. The zero-order valence-corrected chi connectivity index (χ0v) is 15.3. The predicted octanol–water partition coefficient (Wildman–Crippen LogP) is 3.41. The molecule has 0 bridgehead atoms. The molecule has 1 atom stereocenters. The van der Waals surface area contributed by atoms with Gasteiger partial charge >= 0.3 is 0 Å². The average Bonchev–Trinajstić information content (AvgIpc) is 2.56. The minimum absolute atomic E-state index is 0.0509. The van der Waals surface area contributed by atoms with Crippen LogP contribution in [0.3, 0.4) is 0 Å². The van der Waals surface area contributed by atoms with Crippen LogP contribution in [0.1, 0.15) is 12.5 Å². The Labute approximate surface area is 153 Å². The molecule has 0 saturated heterocycles. The Morgan fingerprint density at radius 2 is 1.76 bits per heavy atom. The number of carbonyl (C=O) groups excluding carboxylic acids is 2. The third-order valence-electron chi connectivity index (χ3n) is 3.68. The molecule has 0 fully saturated rings. The monoisotopic (exact) mass is 359 g/mol. The highest BCUT2D eigenvalue weighted by Gasteiger charge is 2.13. The highest BCUT2D eigenvalue weighted by Crippen LogP contribution is 2.16. The summed E-state index contributed by atoms with van der Waals surface area (Å²) in [4.78, 5) is 25.5. The molecule has 6 heteroatoms. The third-order valence-corrected chi connectivity index (χ3v) is 3.91. The van der Waals surface area contributed by atoms with E-state index in [-0.39, 0.29) is 11.8 Å². The average molecular weight is 360 g/mol. The Bertz CT molecular complexity index is 745. The fraction of sp³-hybridized carbons (Fsp3) is 0.263. The first-order chi connectivity index (χ1) is 11.8. The quantitative estimate of drug-likeness (QED) is 0.830. The van der Waals surface area contributed by atoms with E-state index >= 15 is 0 Å². The van der Waals surface area contributed by atoms with Crippen molar-refractivity contribution in [3.05, 3.63) is 59.1 Å². The zero-order chi connectivity index (χ0) is 18.4. The van der Waals surface area contributed by atoms with E-state index in [9.17, 15) is 9.59 Å². The van der Waals surface area contributed by atoms with Crippen LogP contribution in [-0.2, 0) is 16.0 Å². The molecule has 2 N–H and O–H groups in total. The molecule has 0 saturated carbocycles. The van der Waals surface area contributed by atoms with Crippen molar-refractivity contribution < 1.29 is 9.59 Å². The zero-order valence-electron chi connectivity index (χ0n) is 14.5. The van der Waals surface area contributed by atoms with Crippen LogP contribution in [0, 0.1) is 0 Å². The SMILES string of the molecule is CC(Nc1ccc(CC(=O)N(C)C)cc1)C(=O)Nc1cccc(Cl)c1. The summed E-state index contributed by atoms with van der Waals surface area (Å²) in [5, 5.41) is 6.53. The minimum atomic E-state index is -0.423. The Balaban J connectivity index is 1.92. The molecule has 2 aromatic carbocycles. The lowest BCUT2D eigenvalue weighted by molar-refractivity contribution is -0.128. The first-order valence-corrected chi connectivity index (χ1v) is 8.35. The van der Waals surface area contributed by atoms with Gasteiger partial charge in [-0.05, 0) is 42.8 Å². The van der Waals surface area contributed by atoms with Crippen LogP contribution in [0.4, 0.5) is 11.4 Å². The lowest BCUT2D eigenvalue weighted by Crippen LogP contribution is -2.31. The van der Waals surface area contributed by atoms with Crippen LogP contribution >= 0.6 is 11.6 Å². The largest absolute Gasteiger partial charge is 0.374 e. The van der Waals surface area contributed by atoms with Gasteiger partial charge in [0.1, 0.15) is 6.04 Å². The number of anilines is 2. The summed E-state index contributed by atoms with van der Waals surface area (Å²) >= 11 is 5.91. The number of halogens is 1. The van der Waals surface area contributed by atoms with Gasteiger partial charge in [-0.2, -0.15) is 0 Å². The fourth-order valence-electron chi connectivity index (χ4n) is 2.18. The normalized spacial score (nSPS) is 11.5. The van der Waals surface area contributed by atoms with Crippen molar-refractivity contribution in [1.82, 2.24) is 4.90 Å². The van der Waals surface area contributed by atoms with Crippen LogP contribution < -0.4 is 10.6 Å². The number of nitrogens with zero attached hydrogens (tertiary/aromatic N) is 1. The van der Waals surface area contributed by atoms with Crippen molar-refractivity contribution >= 4 is 34.8 Å². The molecule has 2 aromatic rings. The standard InChI is InChI=1S/C19H22ClN3O2/c1-13(19(25)22-17-6-4-5-15(20)12-17)21-16-9-7-14(8-10-16)11-18(24)23(2)3/h4-10,12-13,21H,11H2,1-3H3,(H,22,25). The van der Waals surface area contributed by atoms with Gasteiger partial charge < -0.3 is 15.5 Å². The van der Waals surface area contributed by atoms with Gasteiger partial charge in [0.05, 0.1) is 6.42 Å². The van der Waals surface area contributed by atoms with Crippen molar-refractivity contribution in [2.75, 3.05) is 24.7 Å². The van der Waals surface area contributed by atoms with Gasteiger partial charge in [-0.25, -0.2) is 0 Å². The summed E-state index contributed by atoms with van der Waals surface area (Å²) in [5.74, 6) is -0.107. The van der Waals surface area contributed by atoms with Gasteiger partial charge in [0.25, 0.3) is 0 Å². The topological polar surface area (TPSA) is 61.4 Å². The summed E-state index contributed by atoms with van der Waals surface area (Å²) in [6, 6.07) is 14.1. The van der Waals surface area contributed by atoms with E-state index in [0.29, 0.717) is 17.1 Å². The first-order valence-electron chi connectivity index (χ1n) is 7.97. The molecule has 0 radical (unpaired) electrons. The molecule has 2 rings (SSSR count). The van der Waals surface area contributed by atoms with Gasteiger partial charge in [0.2, 0.25) is 11.8 Å². The molecule has 2 amide bonds. The van der Waals surface area contributed by atoms with Gasteiger partial charge in [-0.1, -0.05) is 29.8 Å². The van der Waals surface area contributed by atoms with E-state index in [0.717, 1.165) is 11.3 Å². The van der Waals surface area contributed by atoms with Crippen molar-refractivity contribution in [3.63, 3.8) is 0 Å². The summed E-state index contributed by atoms with van der Waals surface area (Å²) in [6.07, 6.45) is 0.359. The highest BCUT2D eigenvalue weighted by atomic mass is 35.5. The number of carbonyl (C=O) groups is 2. The molecule has 0 aromatic heterocycles. The van der Waals surface area contributed by atoms with Gasteiger partial charge in [0, 0.05) is 30.5 Å². The summed E-state index contributed by atoms with van der Waals surface area (Å²) in [6.45, 7) is 1.78. The van der Waals surface area contributed by atoms with Crippen molar-refractivity contribution in [2.24, 2.45) is 0 Å². The second-order valence-corrected chi connectivity index (χ2v) is 6.46. The summed E-state index contributed by atoms with van der Waals surface area (Å²) < 4.78 is 0. The molecule has 0 aliphatic rings. The Hall–Kier alpha value is -2.53. The molecule has 0 heterocycles. The number of benzene rings is 2. The third kappa shape index (κ3) is 5.80. The number of likely N-dealkylation sites (N-methyl/N-ethyl adjacent to an activating group) is 1. The Morgan fingerprint density at radius 1 is 1.08 bits per heavy atom. The van der Waals surface area contributed by atoms with E-state index in [2.05, 4.69) is 10.6 Å². The van der Waals surface area contributed by atoms with E-state index < -0.39 is 6.04 Å². The number of nitrogens with one attached hydrogen (secondary N) is 2. The second-order valence-electron chi connectivity index (χ2n) is 6.03. The maximum atomic E-state index is 12.2. The molecule has 25 heavy (non-hydrogen) atoms. The van der Waals surface area contributed by atoms with Crippen LogP contribution in [0.25, 0.3) is 0 Å². The van der Waals surface area contributed by atoms with Crippen LogP contribution in [-0.4, -0.2) is 36.9 Å². The summed E-state index contributed by atoms with van der Waals surface area (Å²) in [5.41, 5.74) is 2.40. The van der Waals surface area contributed by atoms with Gasteiger partial charge in [-0.3, -0.25) is 9.59 Å². The second kappa shape index (κ2) is 8.53. The molecular formula is C19H22ClN3O2. The predicted molar refractivity (Wildman–Crippen MR) is 102 cm³/mol. The van der Waals surface area contributed by atoms with E-state index in [1.165, 1.54) is 0 Å². The van der Waals surface area contributed by atoms with Crippen LogP contribution in [0.2, 0.25) is 5.02 Å². The minimum Gasteiger partial charge on any atom is -0.374 e. The number of hydrogen-bond donors (Lipinski definition) is 2. The van der Waals surface area contributed by atoms with Gasteiger partial charge in [0.15, 0.2) is 0 Å². The van der Waals surface area contributed by atoms with Gasteiger partial charge in [-0.15, -0.1) is 0 Å². The number of hydrogen-bond acceptors (Lipinski definition) is 3. The molecule has 132 valence electrons. The molecular weight excluding hydrogens is 338 g/mol. The lowest BCUT2D eigenvalue weighted by atomic mass is 10.1. The van der Waals surface area contributed by atoms with Crippen LogP contribution in [0.15, 0.2) is 48.5 Å². The van der Waals surface area contributed by atoms with Crippen molar-refractivity contribution in [1.29, 1.82) is 0 Å². The molecule has 0 spiro atoms.